The van der Waals surface area contributed by atoms with Crippen molar-refractivity contribution in [3.63, 3.8) is 0 Å². The Balaban J connectivity index is 1.64. The lowest BCUT2D eigenvalue weighted by atomic mass is 10.0. The summed E-state index contributed by atoms with van der Waals surface area (Å²) in [5.41, 5.74) is 4.00. The highest BCUT2D eigenvalue weighted by Gasteiger charge is 2.39. The van der Waals surface area contributed by atoms with Gasteiger partial charge in [0.2, 0.25) is 5.91 Å². The Kier molecular flexibility index (Phi) is 5.26. The molecular weight excluding hydrogens is 342 g/mol. The number of amides is 4. The van der Waals surface area contributed by atoms with Crippen LogP contribution in [0.4, 0.5) is 4.79 Å². The molecule has 6 nitrogen and oxygen atoms in total. The molecule has 2 aromatic rings. The average Bonchev–Trinajstić information content (AvgIpc) is 2.92. The van der Waals surface area contributed by atoms with Crippen LogP contribution in [0.25, 0.3) is 0 Å². The molecule has 1 aliphatic rings. The lowest BCUT2D eigenvalue weighted by Crippen LogP contribution is -2.41. The first kappa shape index (κ1) is 18.6. The number of benzene rings is 2. The van der Waals surface area contributed by atoms with Gasteiger partial charge in [-0.15, -0.1) is 0 Å². The fourth-order valence-electron chi connectivity index (χ4n) is 3.09. The summed E-state index contributed by atoms with van der Waals surface area (Å²) < 4.78 is 0. The van der Waals surface area contributed by atoms with E-state index in [9.17, 15) is 14.4 Å². The number of hydrogen-bond donors (Lipinski definition) is 2. The van der Waals surface area contributed by atoms with E-state index >= 15 is 0 Å². The Bertz CT molecular complexity index is 879. The second-order valence-electron chi connectivity index (χ2n) is 6.85. The highest BCUT2D eigenvalue weighted by Crippen LogP contribution is 2.22. The zero-order chi connectivity index (χ0) is 19.6. The molecule has 140 valence electrons. The number of rotatable bonds is 5. The topological polar surface area (TPSA) is 78.5 Å². The van der Waals surface area contributed by atoms with Crippen molar-refractivity contribution in [1.29, 1.82) is 0 Å². The molecule has 6 heteroatoms. The van der Waals surface area contributed by atoms with Gasteiger partial charge >= 0.3 is 6.03 Å². The fraction of sp³-hybridized carbons (Fsp3) is 0.286. The maximum absolute atomic E-state index is 12.6. The maximum Gasteiger partial charge on any atom is 0.325 e. The summed E-state index contributed by atoms with van der Waals surface area (Å²) in [5.74, 6) is -0.793. The van der Waals surface area contributed by atoms with Gasteiger partial charge in [0.15, 0.2) is 0 Å². The minimum Gasteiger partial charge on any atom is -0.348 e. The van der Waals surface area contributed by atoms with Gasteiger partial charge in [-0.1, -0.05) is 48.5 Å². The van der Waals surface area contributed by atoms with E-state index in [1.807, 2.05) is 45.0 Å². The smallest absolute Gasteiger partial charge is 0.325 e. The maximum atomic E-state index is 12.6. The van der Waals surface area contributed by atoms with Crippen molar-refractivity contribution in [1.82, 2.24) is 15.5 Å². The van der Waals surface area contributed by atoms with Gasteiger partial charge in [0.05, 0.1) is 6.04 Å². The van der Waals surface area contributed by atoms with Crippen LogP contribution in [-0.4, -0.2) is 29.3 Å². The highest BCUT2D eigenvalue weighted by atomic mass is 16.2. The SMILES string of the molecule is Cc1ccc(C(C)NC(=O)CN2C(=O)NC(c3ccccc3)C2=O)cc1C. The molecule has 1 saturated heterocycles. The molecule has 1 fully saturated rings. The largest absolute Gasteiger partial charge is 0.348 e. The number of carbonyl (C=O) groups is 3. The molecule has 27 heavy (non-hydrogen) atoms. The summed E-state index contributed by atoms with van der Waals surface area (Å²) in [6.07, 6.45) is 0. The van der Waals surface area contributed by atoms with E-state index in [1.165, 1.54) is 5.56 Å². The molecule has 2 aromatic carbocycles. The monoisotopic (exact) mass is 365 g/mol. The van der Waals surface area contributed by atoms with Crippen LogP contribution in [0.15, 0.2) is 48.5 Å². The zero-order valence-electron chi connectivity index (χ0n) is 15.7. The summed E-state index contributed by atoms with van der Waals surface area (Å²) in [7, 11) is 0. The Morgan fingerprint density at radius 2 is 1.81 bits per heavy atom. The van der Waals surface area contributed by atoms with Gasteiger partial charge in [0, 0.05) is 0 Å². The van der Waals surface area contributed by atoms with Crippen molar-refractivity contribution < 1.29 is 14.4 Å². The van der Waals surface area contributed by atoms with Gasteiger partial charge in [-0.05, 0) is 43.0 Å². The van der Waals surface area contributed by atoms with Crippen molar-refractivity contribution in [3.8, 4) is 0 Å². The molecular formula is C21H23N3O3. The number of nitrogens with zero attached hydrogens (tertiary/aromatic N) is 1. The Labute approximate surface area is 158 Å². The summed E-state index contributed by atoms with van der Waals surface area (Å²) in [6.45, 7) is 5.62. The molecule has 0 aliphatic carbocycles. The predicted molar refractivity (Wildman–Crippen MR) is 102 cm³/mol. The number of aryl methyl sites for hydroxylation is 2. The van der Waals surface area contributed by atoms with Crippen LogP contribution in [0.3, 0.4) is 0 Å². The lowest BCUT2D eigenvalue weighted by molar-refractivity contribution is -0.132. The van der Waals surface area contributed by atoms with E-state index in [0.717, 1.165) is 16.0 Å². The van der Waals surface area contributed by atoms with Crippen LogP contribution in [-0.2, 0) is 9.59 Å². The van der Waals surface area contributed by atoms with E-state index in [1.54, 1.807) is 24.3 Å². The van der Waals surface area contributed by atoms with E-state index in [2.05, 4.69) is 10.6 Å². The Morgan fingerprint density at radius 3 is 2.48 bits per heavy atom. The van der Waals surface area contributed by atoms with Gasteiger partial charge in [-0.3, -0.25) is 14.5 Å². The van der Waals surface area contributed by atoms with Crippen molar-refractivity contribution in [2.24, 2.45) is 0 Å². The van der Waals surface area contributed by atoms with E-state index in [0.29, 0.717) is 5.56 Å². The molecule has 0 spiro atoms. The molecule has 0 bridgehead atoms. The summed E-state index contributed by atoms with van der Waals surface area (Å²) >= 11 is 0. The first-order chi connectivity index (χ1) is 12.9. The van der Waals surface area contributed by atoms with Gasteiger partial charge in [-0.2, -0.15) is 0 Å². The van der Waals surface area contributed by atoms with Gasteiger partial charge < -0.3 is 10.6 Å². The minimum absolute atomic E-state index is 0.220. The molecule has 2 unspecified atom stereocenters. The Morgan fingerprint density at radius 1 is 1.11 bits per heavy atom. The molecule has 1 aliphatic heterocycles. The number of carbonyl (C=O) groups excluding carboxylic acids is 3. The molecule has 0 aromatic heterocycles. The van der Waals surface area contributed by atoms with Gasteiger partial charge in [0.25, 0.3) is 5.91 Å². The molecule has 4 amide bonds. The molecule has 3 rings (SSSR count). The highest BCUT2D eigenvalue weighted by molar-refractivity contribution is 6.06. The minimum atomic E-state index is -0.747. The zero-order valence-corrected chi connectivity index (χ0v) is 15.7. The van der Waals surface area contributed by atoms with Crippen LogP contribution < -0.4 is 10.6 Å². The van der Waals surface area contributed by atoms with Gasteiger partial charge in [-0.25, -0.2) is 4.79 Å². The molecule has 0 radical (unpaired) electrons. The van der Waals surface area contributed by atoms with Crippen molar-refractivity contribution in [3.05, 3.63) is 70.8 Å². The fourth-order valence-corrected chi connectivity index (χ4v) is 3.09. The second kappa shape index (κ2) is 7.61. The normalized spacial score (nSPS) is 17.6. The van der Waals surface area contributed by atoms with Crippen molar-refractivity contribution >= 4 is 17.8 Å². The summed E-state index contributed by atoms with van der Waals surface area (Å²) in [4.78, 5) is 38.1. The molecule has 1 heterocycles. The standard InChI is InChI=1S/C21H23N3O3/c1-13-9-10-17(11-14(13)2)15(3)22-18(25)12-24-20(26)19(23-21(24)27)16-7-5-4-6-8-16/h4-11,15,19H,12H2,1-3H3,(H,22,25)(H,23,27). The summed E-state index contributed by atoms with van der Waals surface area (Å²) in [6, 6.07) is 13.5. The number of urea groups is 1. The van der Waals surface area contributed by atoms with Crippen LogP contribution in [0, 0.1) is 13.8 Å². The molecule has 2 atom stereocenters. The third kappa shape index (κ3) is 4.00. The first-order valence-corrected chi connectivity index (χ1v) is 8.90. The predicted octanol–water partition coefficient (Wildman–Crippen LogP) is 2.77. The summed E-state index contributed by atoms with van der Waals surface area (Å²) in [5, 5.41) is 5.48. The average molecular weight is 365 g/mol. The van der Waals surface area contributed by atoms with Crippen LogP contribution >= 0.6 is 0 Å². The van der Waals surface area contributed by atoms with Crippen molar-refractivity contribution in [2.75, 3.05) is 6.54 Å². The lowest BCUT2D eigenvalue weighted by Gasteiger charge is -2.18. The van der Waals surface area contributed by atoms with Gasteiger partial charge in [0.1, 0.15) is 12.6 Å². The molecule has 0 saturated carbocycles. The van der Waals surface area contributed by atoms with Crippen LogP contribution in [0.2, 0.25) is 0 Å². The second-order valence-corrected chi connectivity index (χ2v) is 6.85. The van der Waals surface area contributed by atoms with Crippen LogP contribution in [0.5, 0.6) is 0 Å². The number of nitrogens with one attached hydrogen (secondary N) is 2. The quantitative estimate of drug-likeness (QED) is 0.800. The third-order valence-corrected chi connectivity index (χ3v) is 4.87. The number of imide groups is 1. The Hall–Kier alpha value is -3.15. The van der Waals surface area contributed by atoms with Crippen LogP contribution in [0.1, 0.15) is 41.3 Å². The third-order valence-electron chi connectivity index (χ3n) is 4.87. The van der Waals surface area contributed by atoms with E-state index in [4.69, 9.17) is 0 Å². The number of hydrogen-bond acceptors (Lipinski definition) is 3. The first-order valence-electron chi connectivity index (χ1n) is 8.90. The van der Waals surface area contributed by atoms with Crippen molar-refractivity contribution in [2.45, 2.75) is 32.9 Å². The van der Waals surface area contributed by atoms with E-state index in [-0.39, 0.29) is 18.5 Å². The van der Waals surface area contributed by atoms with E-state index < -0.39 is 18.0 Å². The molecule has 2 N–H and O–H groups in total.